The number of hydrogen-bond acceptors (Lipinski definition) is 3. The Hall–Kier alpha value is -1.65. The number of rotatable bonds is 6. The maximum atomic E-state index is 12.2. The van der Waals surface area contributed by atoms with Crippen molar-refractivity contribution in [1.29, 1.82) is 0 Å². The SMILES string of the molecule is C[C@H](CC[C@@]1(C)[C@H](C)CC[C@]2(C)C(C(=O)O)=CC(=O)C[C@H]12)CC(=O)O. The lowest BCUT2D eigenvalue weighted by Crippen LogP contribution is -2.52. The van der Waals surface area contributed by atoms with Crippen molar-refractivity contribution in [2.45, 2.75) is 66.2 Å². The van der Waals surface area contributed by atoms with Crippen molar-refractivity contribution in [3.05, 3.63) is 11.6 Å². The van der Waals surface area contributed by atoms with Crippen LogP contribution in [0.1, 0.15) is 66.2 Å². The second-order valence-corrected chi connectivity index (χ2v) is 8.69. The minimum Gasteiger partial charge on any atom is -0.481 e. The first-order valence-electron chi connectivity index (χ1n) is 9.20. The van der Waals surface area contributed by atoms with Gasteiger partial charge in [0.05, 0.1) is 0 Å². The summed E-state index contributed by atoms with van der Waals surface area (Å²) in [6, 6.07) is 0. The number of allylic oxidation sites excluding steroid dienone is 1. The molecule has 0 bridgehead atoms. The predicted molar refractivity (Wildman–Crippen MR) is 94.1 cm³/mol. The summed E-state index contributed by atoms with van der Waals surface area (Å²) in [7, 11) is 0. The summed E-state index contributed by atoms with van der Waals surface area (Å²) < 4.78 is 0. The first kappa shape index (κ1) is 19.7. The van der Waals surface area contributed by atoms with Crippen LogP contribution in [0.15, 0.2) is 11.6 Å². The van der Waals surface area contributed by atoms with Crippen molar-refractivity contribution >= 4 is 17.7 Å². The zero-order chi connectivity index (χ0) is 19.0. The van der Waals surface area contributed by atoms with Gasteiger partial charge in [0.25, 0.3) is 0 Å². The molecule has 2 N–H and O–H groups in total. The highest BCUT2D eigenvalue weighted by Gasteiger charge is 2.56. The molecule has 5 nitrogen and oxygen atoms in total. The van der Waals surface area contributed by atoms with E-state index in [0.717, 1.165) is 25.7 Å². The maximum Gasteiger partial charge on any atom is 0.332 e. The first-order valence-corrected chi connectivity index (χ1v) is 9.20. The number of carbonyl (C=O) groups is 3. The van der Waals surface area contributed by atoms with Crippen molar-refractivity contribution < 1.29 is 24.6 Å². The number of aliphatic carboxylic acids is 2. The second-order valence-electron chi connectivity index (χ2n) is 8.69. The highest BCUT2D eigenvalue weighted by molar-refractivity contribution is 6.01. The van der Waals surface area contributed by atoms with Gasteiger partial charge in [0.1, 0.15) is 0 Å². The first-order chi connectivity index (χ1) is 11.5. The molecule has 0 radical (unpaired) electrons. The van der Waals surface area contributed by atoms with Crippen LogP contribution in [-0.4, -0.2) is 27.9 Å². The molecule has 0 saturated heterocycles. The molecule has 0 spiro atoms. The van der Waals surface area contributed by atoms with Gasteiger partial charge in [0.15, 0.2) is 5.78 Å². The van der Waals surface area contributed by atoms with Gasteiger partial charge in [0.2, 0.25) is 0 Å². The van der Waals surface area contributed by atoms with E-state index in [1.54, 1.807) is 0 Å². The Kier molecular flexibility index (Phi) is 5.45. The third-order valence-corrected chi connectivity index (χ3v) is 7.04. The standard InChI is InChI=1S/C20H30O5/c1-12(9-17(22)23)5-7-19(3)13(2)6-8-20(4)15(18(24)25)10-14(21)11-16(19)20/h10,12-13,16H,5-9,11H2,1-4H3,(H,22,23)(H,24,25)/t12-,13-,16-,19+,20-/m1/s1. The Morgan fingerprint density at radius 3 is 2.52 bits per heavy atom. The molecular formula is C20H30O5. The fourth-order valence-electron chi connectivity index (χ4n) is 5.14. The monoisotopic (exact) mass is 350 g/mol. The van der Waals surface area contributed by atoms with E-state index in [2.05, 4.69) is 13.8 Å². The van der Waals surface area contributed by atoms with E-state index in [1.807, 2.05) is 13.8 Å². The molecule has 0 amide bonds. The molecule has 1 saturated carbocycles. The number of fused-ring (bicyclic) bond motifs is 1. The van der Waals surface area contributed by atoms with Gasteiger partial charge in [-0.15, -0.1) is 0 Å². The van der Waals surface area contributed by atoms with Gasteiger partial charge >= 0.3 is 11.9 Å². The van der Waals surface area contributed by atoms with Gasteiger partial charge in [-0.25, -0.2) is 4.79 Å². The normalized spacial score (nSPS) is 36.3. The number of hydrogen-bond donors (Lipinski definition) is 2. The van der Waals surface area contributed by atoms with Crippen molar-refractivity contribution in [3.8, 4) is 0 Å². The lowest BCUT2D eigenvalue weighted by Gasteiger charge is -2.57. The third-order valence-electron chi connectivity index (χ3n) is 7.04. The molecule has 5 atom stereocenters. The van der Waals surface area contributed by atoms with Crippen LogP contribution in [-0.2, 0) is 14.4 Å². The van der Waals surface area contributed by atoms with Crippen LogP contribution in [0.4, 0.5) is 0 Å². The molecule has 0 unspecified atom stereocenters. The number of carboxylic acids is 2. The van der Waals surface area contributed by atoms with Gasteiger partial charge in [0, 0.05) is 23.8 Å². The van der Waals surface area contributed by atoms with E-state index in [-0.39, 0.29) is 35.0 Å². The minimum atomic E-state index is -0.989. The van der Waals surface area contributed by atoms with E-state index >= 15 is 0 Å². The second kappa shape index (κ2) is 6.93. The van der Waals surface area contributed by atoms with Crippen LogP contribution in [0, 0.1) is 28.6 Å². The van der Waals surface area contributed by atoms with Crippen LogP contribution in [0.5, 0.6) is 0 Å². The summed E-state index contributed by atoms with van der Waals surface area (Å²) in [6.07, 6.45) is 5.18. The van der Waals surface area contributed by atoms with Gasteiger partial charge in [-0.05, 0) is 54.9 Å². The molecule has 0 aromatic heterocycles. The van der Waals surface area contributed by atoms with Crippen LogP contribution < -0.4 is 0 Å². The van der Waals surface area contributed by atoms with E-state index in [9.17, 15) is 19.5 Å². The molecule has 0 aliphatic heterocycles. The Morgan fingerprint density at radius 2 is 1.96 bits per heavy atom. The lowest BCUT2D eigenvalue weighted by molar-refractivity contribution is -0.141. The van der Waals surface area contributed by atoms with Crippen LogP contribution in [0.3, 0.4) is 0 Å². The zero-order valence-electron chi connectivity index (χ0n) is 15.7. The summed E-state index contributed by atoms with van der Waals surface area (Å²) in [5.74, 6) is -1.44. The zero-order valence-corrected chi connectivity index (χ0v) is 15.7. The summed E-state index contributed by atoms with van der Waals surface area (Å²) in [5.41, 5.74) is -0.396. The Morgan fingerprint density at radius 1 is 1.32 bits per heavy atom. The summed E-state index contributed by atoms with van der Waals surface area (Å²) >= 11 is 0. The van der Waals surface area contributed by atoms with Crippen molar-refractivity contribution in [1.82, 2.24) is 0 Å². The van der Waals surface area contributed by atoms with Gasteiger partial charge < -0.3 is 10.2 Å². The molecule has 0 heterocycles. The average molecular weight is 350 g/mol. The average Bonchev–Trinajstić information content (AvgIpc) is 2.50. The van der Waals surface area contributed by atoms with Crippen molar-refractivity contribution in [2.24, 2.45) is 28.6 Å². The van der Waals surface area contributed by atoms with E-state index < -0.39 is 17.4 Å². The molecule has 0 aromatic carbocycles. The van der Waals surface area contributed by atoms with Gasteiger partial charge in [-0.1, -0.05) is 27.7 Å². The molecule has 2 rings (SSSR count). The molecule has 5 heteroatoms. The van der Waals surface area contributed by atoms with E-state index in [1.165, 1.54) is 6.08 Å². The lowest BCUT2D eigenvalue weighted by atomic mass is 9.46. The highest BCUT2D eigenvalue weighted by atomic mass is 16.4. The molecule has 25 heavy (non-hydrogen) atoms. The van der Waals surface area contributed by atoms with Crippen LogP contribution >= 0.6 is 0 Å². The Labute approximate surface area is 149 Å². The van der Waals surface area contributed by atoms with Crippen molar-refractivity contribution in [2.75, 3.05) is 0 Å². The Balaban J connectivity index is 2.31. The number of carboxylic acid groups (broad SMARTS) is 2. The minimum absolute atomic E-state index is 0.00984. The summed E-state index contributed by atoms with van der Waals surface area (Å²) in [4.78, 5) is 34.9. The van der Waals surface area contributed by atoms with E-state index in [4.69, 9.17) is 5.11 Å². The molecular weight excluding hydrogens is 320 g/mol. The van der Waals surface area contributed by atoms with Gasteiger partial charge in [-0.3, -0.25) is 9.59 Å². The van der Waals surface area contributed by atoms with Crippen LogP contribution in [0.2, 0.25) is 0 Å². The summed E-state index contributed by atoms with van der Waals surface area (Å²) in [5, 5.41) is 18.6. The van der Waals surface area contributed by atoms with Gasteiger partial charge in [-0.2, -0.15) is 0 Å². The molecule has 0 aromatic rings. The van der Waals surface area contributed by atoms with Crippen LogP contribution in [0.25, 0.3) is 0 Å². The molecule has 1 fully saturated rings. The van der Waals surface area contributed by atoms with E-state index in [0.29, 0.717) is 12.3 Å². The van der Waals surface area contributed by atoms with Crippen molar-refractivity contribution in [3.63, 3.8) is 0 Å². The third kappa shape index (κ3) is 3.65. The fourth-order valence-corrected chi connectivity index (χ4v) is 5.14. The largest absolute Gasteiger partial charge is 0.481 e. The Bertz CT molecular complexity index is 607. The smallest absolute Gasteiger partial charge is 0.332 e. The maximum absolute atomic E-state index is 12.2. The number of ketones is 1. The molecule has 140 valence electrons. The highest BCUT2D eigenvalue weighted by Crippen LogP contribution is 2.61. The fraction of sp³-hybridized carbons (Fsp3) is 0.750. The topological polar surface area (TPSA) is 91.7 Å². The molecule has 2 aliphatic rings. The predicted octanol–water partition coefficient (Wildman–Crippen LogP) is 3.92. The number of carbonyl (C=O) groups excluding carboxylic acids is 1. The quantitative estimate of drug-likeness (QED) is 0.757. The molecule has 2 aliphatic carbocycles. The summed E-state index contributed by atoms with van der Waals surface area (Å²) in [6.45, 7) is 8.30.